The molecule has 4 nitrogen and oxygen atoms in total. The van der Waals surface area contributed by atoms with Gasteiger partial charge >= 0.3 is 5.97 Å². The fourth-order valence-electron chi connectivity index (χ4n) is 3.48. The van der Waals surface area contributed by atoms with Gasteiger partial charge in [0.2, 0.25) is 0 Å². The Kier molecular flexibility index (Phi) is 6.55. The molecule has 0 unspecified atom stereocenters. The maximum Gasteiger partial charge on any atom is 0.305 e. The zero-order valence-electron chi connectivity index (χ0n) is 17.1. The Morgan fingerprint density at radius 1 is 0.931 bits per heavy atom. The van der Waals surface area contributed by atoms with Crippen molar-refractivity contribution >= 4 is 5.97 Å². The molecule has 0 heterocycles. The van der Waals surface area contributed by atoms with E-state index in [0.717, 1.165) is 39.1 Å². The van der Waals surface area contributed by atoms with Crippen LogP contribution < -0.4 is 4.74 Å². The van der Waals surface area contributed by atoms with Crippen molar-refractivity contribution < 1.29 is 19.4 Å². The number of carbonyl (C=O) groups is 1. The normalized spacial score (nSPS) is 10.6. The molecule has 0 aliphatic rings. The molecule has 0 radical (unpaired) electrons. The summed E-state index contributed by atoms with van der Waals surface area (Å²) in [6.07, 6.45) is 1.03. The fourth-order valence-corrected chi connectivity index (χ4v) is 3.48. The second kappa shape index (κ2) is 9.28. The predicted molar refractivity (Wildman–Crippen MR) is 114 cm³/mol. The van der Waals surface area contributed by atoms with Crippen LogP contribution >= 0.6 is 0 Å². The third kappa shape index (κ3) is 5.38. The summed E-state index contributed by atoms with van der Waals surface area (Å²) >= 11 is 0. The smallest absolute Gasteiger partial charge is 0.305 e. The van der Waals surface area contributed by atoms with Gasteiger partial charge in [0, 0.05) is 6.42 Å². The lowest BCUT2D eigenvalue weighted by atomic mass is 9.94. The summed E-state index contributed by atoms with van der Waals surface area (Å²) in [7, 11) is 1.40. The van der Waals surface area contributed by atoms with E-state index in [1.165, 1.54) is 7.11 Å². The summed E-state index contributed by atoms with van der Waals surface area (Å²) in [5.74, 6) is 0.872. The molecule has 0 bridgehead atoms. The summed E-state index contributed by atoms with van der Waals surface area (Å²) in [6, 6.07) is 19.6. The molecule has 0 atom stereocenters. The van der Waals surface area contributed by atoms with Crippen molar-refractivity contribution in [2.24, 2.45) is 0 Å². The van der Waals surface area contributed by atoms with Gasteiger partial charge in [0.05, 0.1) is 7.11 Å². The maximum absolute atomic E-state index is 11.2. The van der Waals surface area contributed by atoms with Crippen molar-refractivity contribution in [1.29, 1.82) is 0 Å². The van der Waals surface area contributed by atoms with Crippen molar-refractivity contribution in [1.82, 2.24) is 0 Å². The van der Waals surface area contributed by atoms with Gasteiger partial charge in [-0.1, -0.05) is 30.3 Å². The summed E-state index contributed by atoms with van der Waals surface area (Å²) in [5, 5.41) is 9.78. The van der Waals surface area contributed by atoms with E-state index in [1.807, 2.05) is 50.2 Å². The van der Waals surface area contributed by atoms with E-state index in [9.17, 15) is 9.90 Å². The predicted octanol–water partition coefficient (Wildman–Crippen LogP) is 5.36. The number of aromatic hydroxyl groups is 1. The lowest BCUT2D eigenvalue weighted by Crippen LogP contribution is -2.02. The summed E-state index contributed by atoms with van der Waals surface area (Å²) < 4.78 is 10.6. The van der Waals surface area contributed by atoms with Crippen LogP contribution in [0.3, 0.4) is 0 Å². The Morgan fingerprint density at radius 3 is 2.28 bits per heavy atom. The van der Waals surface area contributed by atoms with Crippen molar-refractivity contribution in [3.63, 3.8) is 0 Å². The van der Waals surface area contributed by atoms with E-state index in [4.69, 9.17) is 4.74 Å². The first kappa shape index (κ1) is 20.5. The summed E-state index contributed by atoms with van der Waals surface area (Å²) in [6.45, 7) is 4.48. The number of methoxy groups -OCH3 is 1. The minimum atomic E-state index is -0.204. The molecule has 0 spiro atoms. The van der Waals surface area contributed by atoms with E-state index in [2.05, 4.69) is 16.9 Å². The number of esters is 1. The van der Waals surface area contributed by atoms with Crippen LogP contribution in [-0.2, 0) is 22.6 Å². The topological polar surface area (TPSA) is 55.8 Å². The van der Waals surface area contributed by atoms with Crippen molar-refractivity contribution in [3.8, 4) is 22.6 Å². The Morgan fingerprint density at radius 2 is 1.62 bits per heavy atom. The lowest BCUT2D eigenvalue weighted by molar-refractivity contribution is -0.140. The highest BCUT2D eigenvalue weighted by Gasteiger charge is 2.09. The van der Waals surface area contributed by atoms with Crippen molar-refractivity contribution in [3.05, 3.63) is 82.9 Å². The van der Waals surface area contributed by atoms with Gasteiger partial charge in [-0.2, -0.15) is 0 Å². The van der Waals surface area contributed by atoms with Crippen LogP contribution in [0.2, 0.25) is 0 Å². The molecule has 0 aromatic heterocycles. The van der Waals surface area contributed by atoms with E-state index >= 15 is 0 Å². The average molecular weight is 390 g/mol. The highest BCUT2D eigenvalue weighted by Crippen LogP contribution is 2.31. The van der Waals surface area contributed by atoms with Gasteiger partial charge in [-0.05, 0) is 84.0 Å². The molecule has 0 aliphatic carbocycles. The zero-order valence-corrected chi connectivity index (χ0v) is 17.1. The Balaban J connectivity index is 1.66. The minimum Gasteiger partial charge on any atom is -0.508 e. The van der Waals surface area contributed by atoms with Gasteiger partial charge in [-0.25, -0.2) is 0 Å². The number of ether oxygens (including phenoxy) is 2. The zero-order chi connectivity index (χ0) is 20.8. The number of phenols is 1. The highest BCUT2D eigenvalue weighted by atomic mass is 16.5. The average Bonchev–Trinajstić information content (AvgIpc) is 2.71. The first-order valence-corrected chi connectivity index (χ1v) is 9.64. The molecular weight excluding hydrogens is 364 g/mol. The third-order valence-corrected chi connectivity index (χ3v) is 4.91. The molecule has 150 valence electrons. The van der Waals surface area contributed by atoms with Crippen LogP contribution in [-0.4, -0.2) is 18.2 Å². The van der Waals surface area contributed by atoms with Gasteiger partial charge in [-0.3, -0.25) is 4.79 Å². The second-order valence-corrected chi connectivity index (χ2v) is 7.16. The number of aryl methyl sites for hydroxylation is 3. The van der Waals surface area contributed by atoms with Gasteiger partial charge in [0.1, 0.15) is 18.1 Å². The molecule has 3 aromatic carbocycles. The molecule has 3 rings (SSSR count). The molecule has 4 heteroatoms. The SMILES string of the molecule is COC(=O)CCc1ccc(OCc2cccc(-c3c(C)cc(O)cc3C)c2)cc1. The minimum absolute atomic E-state index is 0.204. The van der Waals surface area contributed by atoms with E-state index in [1.54, 1.807) is 12.1 Å². The third-order valence-electron chi connectivity index (χ3n) is 4.91. The van der Waals surface area contributed by atoms with E-state index in [0.29, 0.717) is 25.2 Å². The van der Waals surface area contributed by atoms with Gasteiger partial charge in [-0.15, -0.1) is 0 Å². The molecule has 1 N–H and O–H groups in total. The molecule has 0 fully saturated rings. The quantitative estimate of drug-likeness (QED) is 0.552. The number of carbonyl (C=O) groups excluding carboxylic acids is 1. The van der Waals surface area contributed by atoms with Crippen LogP contribution in [0.15, 0.2) is 60.7 Å². The molecule has 0 amide bonds. The van der Waals surface area contributed by atoms with Crippen molar-refractivity contribution in [2.45, 2.75) is 33.3 Å². The van der Waals surface area contributed by atoms with Crippen LogP contribution in [0.25, 0.3) is 11.1 Å². The first-order valence-electron chi connectivity index (χ1n) is 9.64. The summed E-state index contributed by atoms with van der Waals surface area (Å²) in [4.78, 5) is 11.2. The molecule has 0 saturated heterocycles. The molecule has 0 aliphatic heterocycles. The summed E-state index contributed by atoms with van der Waals surface area (Å²) in [5.41, 5.74) is 6.48. The number of phenolic OH excluding ortho intramolecular Hbond substituents is 1. The molecule has 3 aromatic rings. The fraction of sp³-hybridized carbons (Fsp3) is 0.240. The maximum atomic E-state index is 11.2. The van der Waals surface area contributed by atoms with Crippen LogP contribution in [0.4, 0.5) is 0 Å². The van der Waals surface area contributed by atoms with Crippen LogP contribution in [0.1, 0.15) is 28.7 Å². The molecule has 0 saturated carbocycles. The Labute approximate surface area is 171 Å². The molecular formula is C25H26O4. The standard InChI is InChI=1S/C25H26O4/c1-17-13-22(26)14-18(2)25(17)21-6-4-5-20(15-21)16-29-23-10-7-19(8-11-23)9-12-24(27)28-3/h4-8,10-11,13-15,26H,9,12,16H2,1-3H3. The van der Waals surface area contributed by atoms with Gasteiger partial charge < -0.3 is 14.6 Å². The Bertz CT molecular complexity index is 967. The van der Waals surface area contributed by atoms with Crippen molar-refractivity contribution in [2.75, 3.05) is 7.11 Å². The number of rotatable bonds is 7. The Hall–Kier alpha value is -3.27. The molecule has 29 heavy (non-hydrogen) atoms. The van der Waals surface area contributed by atoms with Crippen LogP contribution in [0, 0.1) is 13.8 Å². The number of benzene rings is 3. The lowest BCUT2D eigenvalue weighted by Gasteiger charge is -2.13. The largest absolute Gasteiger partial charge is 0.508 e. The number of hydrogen-bond acceptors (Lipinski definition) is 4. The van der Waals surface area contributed by atoms with Gasteiger partial charge in [0.15, 0.2) is 0 Å². The monoisotopic (exact) mass is 390 g/mol. The van der Waals surface area contributed by atoms with Gasteiger partial charge in [0.25, 0.3) is 0 Å². The second-order valence-electron chi connectivity index (χ2n) is 7.16. The van der Waals surface area contributed by atoms with E-state index in [-0.39, 0.29) is 5.97 Å². The highest BCUT2D eigenvalue weighted by molar-refractivity contribution is 5.72. The number of hydrogen-bond donors (Lipinski definition) is 1. The van der Waals surface area contributed by atoms with E-state index < -0.39 is 0 Å². The first-order chi connectivity index (χ1) is 14.0. The van der Waals surface area contributed by atoms with Crippen LogP contribution in [0.5, 0.6) is 11.5 Å².